The fourth-order valence-corrected chi connectivity index (χ4v) is 8.02. The van der Waals surface area contributed by atoms with Crippen LogP contribution in [0.5, 0.6) is 0 Å². The summed E-state index contributed by atoms with van der Waals surface area (Å²) in [5.41, 5.74) is -0.152. The Kier molecular flexibility index (Phi) is 4.23. The van der Waals surface area contributed by atoms with Crippen LogP contribution in [0.1, 0.15) is 64.7 Å². The second kappa shape index (κ2) is 5.95. The number of ether oxygens (including phenoxy) is 2. The maximum Gasteiger partial charge on any atom is 0.308 e. The minimum atomic E-state index is -0.636. The normalized spacial score (nSPS) is 51.5. The average Bonchev–Trinajstić information content (AvgIpc) is 2.79. The van der Waals surface area contributed by atoms with E-state index < -0.39 is 5.60 Å². The van der Waals surface area contributed by atoms with Gasteiger partial charge in [0.2, 0.25) is 0 Å². The quantitative estimate of drug-likeness (QED) is 0.791. The predicted molar refractivity (Wildman–Crippen MR) is 94.9 cm³/mol. The fourth-order valence-electron chi connectivity index (χ4n) is 8.02. The van der Waals surface area contributed by atoms with Crippen molar-refractivity contribution in [2.24, 2.45) is 34.5 Å². The molecule has 0 radical (unpaired) electrons. The molecule has 0 aromatic carbocycles. The molecule has 4 fully saturated rings. The summed E-state index contributed by atoms with van der Waals surface area (Å²) in [4.78, 5) is 12.4. The van der Waals surface area contributed by atoms with Crippen molar-refractivity contribution in [3.63, 3.8) is 0 Å². The third-order valence-corrected chi connectivity index (χ3v) is 8.82. The molecule has 2 bridgehead atoms. The number of carbonyl (C=O) groups excluding carboxylic acids is 1. The van der Waals surface area contributed by atoms with Gasteiger partial charge in [0.05, 0.1) is 25.2 Å². The van der Waals surface area contributed by atoms with E-state index in [-0.39, 0.29) is 22.7 Å². The number of hydrogen-bond acceptors (Lipinski definition) is 4. The molecule has 4 heteroatoms. The van der Waals surface area contributed by atoms with Gasteiger partial charge in [0, 0.05) is 7.11 Å². The molecule has 0 unspecified atom stereocenters. The third kappa shape index (κ3) is 2.43. The smallest absolute Gasteiger partial charge is 0.308 e. The first-order valence-corrected chi connectivity index (χ1v) is 10.2. The number of methoxy groups -OCH3 is 2. The van der Waals surface area contributed by atoms with Gasteiger partial charge >= 0.3 is 5.97 Å². The maximum atomic E-state index is 12.4. The zero-order chi connectivity index (χ0) is 17.9. The van der Waals surface area contributed by atoms with Gasteiger partial charge in [-0.3, -0.25) is 4.79 Å². The van der Waals surface area contributed by atoms with Gasteiger partial charge in [-0.05, 0) is 80.0 Å². The van der Waals surface area contributed by atoms with Crippen LogP contribution in [0.25, 0.3) is 0 Å². The van der Waals surface area contributed by atoms with E-state index in [4.69, 9.17) is 9.47 Å². The fraction of sp³-hybridized carbons (Fsp3) is 0.952. The lowest BCUT2D eigenvalue weighted by Crippen LogP contribution is -2.55. The highest BCUT2D eigenvalue weighted by Crippen LogP contribution is 2.71. The number of fused-ring (bicyclic) bond motifs is 3. The summed E-state index contributed by atoms with van der Waals surface area (Å²) in [6.45, 7) is 2.92. The van der Waals surface area contributed by atoms with Crippen LogP contribution < -0.4 is 0 Å². The van der Waals surface area contributed by atoms with E-state index in [1.165, 1.54) is 20.0 Å². The Morgan fingerprint density at radius 3 is 2.68 bits per heavy atom. The van der Waals surface area contributed by atoms with Crippen LogP contribution in [-0.2, 0) is 14.3 Å². The minimum absolute atomic E-state index is 0.00266. The summed E-state index contributed by atoms with van der Waals surface area (Å²) in [5, 5.41) is 11.3. The topological polar surface area (TPSA) is 55.8 Å². The number of rotatable bonds is 3. The number of hydrogen-bond donors (Lipinski definition) is 1. The van der Waals surface area contributed by atoms with Crippen molar-refractivity contribution in [1.82, 2.24) is 0 Å². The summed E-state index contributed by atoms with van der Waals surface area (Å²) >= 11 is 0. The molecule has 1 spiro atoms. The molecule has 0 aromatic heterocycles. The SMILES string of the molecule is COC[C@@]1(O)C[C@@]23CC[C@@H]4[C@H](C(=O)OC)CCC[C@@]4(C)[C@@H]2CC[C@@H]1C3. The first-order chi connectivity index (χ1) is 11.9. The van der Waals surface area contributed by atoms with E-state index in [0.717, 1.165) is 44.9 Å². The van der Waals surface area contributed by atoms with Gasteiger partial charge in [-0.25, -0.2) is 0 Å². The summed E-state index contributed by atoms with van der Waals surface area (Å²) in [6.07, 6.45) is 9.99. The first kappa shape index (κ1) is 17.8. The van der Waals surface area contributed by atoms with E-state index in [0.29, 0.717) is 24.4 Å². The Balaban J connectivity index is 1.65. The van der Waals surface area contributed by atoms with Crippen molar-refractivity contribution in [2.75, 3.05) is 20.8 Å². The zero-order valence-electron chi connectivity index (χ0n) is 16.1. The van der Waals surface area contributed by atoms with E-state index in [9.17, 15) is 9.90 Å². The van der Waals surface area contributed by atoms with Gasteiger partial charge in [0.25, 0.3) is 0 Å². The van der Waals surface area contributed by atoms with Crippen molar-refractivity contribution in [2.45, 2.75) is 70.3 Å². The Hall–Kier alpha value is -0.610. The molecule has 4 nitrogen and oxygen atoms in total. The zero-order valence-corrected chi connectivity index (χ0v) is 16.1. The predicted octanol–water partition coefficient (Wildman–Crippen LogP) is 3.56. The average molecular weight is 350 g/mol. The molecule has 4 rings (SSSR count). The van der Waals surface area contributed by atoms with Crippen LogP contribution in [0.15, 0.2) is 0 Å². The number of esters is 1. The van der Waals surface area contributed by atoms with E-state index >= 15 is 0 Å². The largest absolute Gasteiger partial charge is 0.469 e. The molecule has 0 aromatic rings. The van der Waals surface area contributed by atoms with Crippen LogP contribution in [-0.4, -0.2) is 37.5 Å². The summed E-state index contributed by atoms with van der Waals surface area (Å²) < 4.78 is 10.5. The van der Waals surface area contributed by atoms with Crippen molar-refractivity contribution in [3.8, 4) is 0 Å². The van der Waals surface area contributed by atoms with Crippen LogP contribution in [0.2, 0.25) is 0 Å². The Morgan fingerprint density at radius 1 is 1.16 bits per heavy atom. The molecule has 7 atom stereocenters. The lowest BCUT2D eigenvalue weighted by molar-refractivity contribution is -0.165. The van der Waals surface area contributed by atoms with Gasteiger partial charge in [-0.1, -0.05) is 13.3 Å². The van der Waals surface area contributed by atoms with E-state index in [1.807, 2.05) is 0 Å². The second-order valence-corrected chi connectivity index (χ2v) is 9.78. The third-order valence-electron chi connectivity index (χ3n) is 8.82. The molecule has 0 saturated heterocycles. The molecule has 1 N–H and O–H groups in total. The Bertz CT molecular complexity index is 548. The lowest BCUT2D eigenvalue weighted by Gasteiger charge is -2.61. The molecule has 0 aliphatic heterocycles. The van der Waals surface area contributed by atoms with Crippen LogP contribution in [0, 0.1) is 34.5 Å². The van der Waals surface area contributed by atoms with Crippen molar-refractivity contribution in [1.29, 1.82) is 0 Å². The standard InChI is InChI=1S/C21H34O4/c1-19-9-4-5-15(18(22)25-3)16(19)8-10-20-11-14(6-7-17(19)20)21(23,12-20)13-24-2/h14-17,23H,4-13H2,1-3H3/t14-,15-,16-,17+,19-,20+,21+/m1/s1. The highest BCUT2D eigenvalue weighted by molar-refractivity contribution is 5.73. The van der Waals surface area contributed by atoms with Gasteiger partial charge in [-0.2, -0.15) is 0 Å². The minimum Gasteiger partial charge on any atom is -0.469 e. The maximum absolute atomic E-state index is 12.4. The van der Waals surface area contributed by atoms with E-state index in [1.54, 1.807) is 7.11 Å². The molecular weight excluding hydrogens is 316 g/mol. The Morgan fingerprint density at radius 2 is 1.96 bits per heavy atom. The second-order valence-electron chi connectivity index (χ2n) is 9.78. The number of aliphatic hydroxyl groups is 1. The molecule has 4 aliphatic rings. The molecule has 4 aliphatic carbocycles. The van der Waals surface area contributed by atoms with Crippen LogP contribution >= 0.6 is 0 Å². The highest BCUT2D eigenvalue weighted by Gasteiger charge is 2.66. The van der Waals surface area contributed by atoms with Crippen molar-refractivity contribution < 1.29 is 19.4 Å². The Labute approximate surface area is 151 Å². The molecule has 0 heterocycles. The van der Waals surface area contributed by atoms with Crippen LogP contribution in [0.4, 0.5) is 0 Å². The lowest BCUT2D eigenvalue weighted by atomic mass is 9.43. The van der Waals surface area contributed by atoms with Gasteiger partial charge in [0.15, 0.2) is 0 Å². The highest BCUT2D eigenvalue weighted by atomic mass is 16.5. The molecule has 4 saturated carbocycles. The van der Waals surface area contributed by atoms with Crippen molar-refractivity contribution in [3.05, 3.63) is 0 Å². The molecule has 142 valence electrons. The molecule has 0 amide bonds. The first-order valence-electron chi connectivity index (χ1n) is 10.2. The monoisotopic (exact) mass is 350 g/mol. The van der Waals surface area contributed by atoms with Gasteiger partial charge in [0.1, 0.15) is 0 Å². The van der Waals surface area contributed by atoms with Crippen LogP contribution in [0.3, 0.4) is 0 Å². The summed E-state index contributed by atoms with van der Waals surface area (Å²) in [7, 11) is 3.24. The van der Waals surface area contributed by atoms with Crippen molar-refractivity contribution >= 4 is 5.97 Å². The summed E-state index contributed by atoms with van der Waals surface area (Å²) in [5.74, 6) is 1.56. The van der Waals surface area contributed by atoms with Gasteiger partial charge in [-0.15, -0.1) is 0 Å². The molecule has 25 heavy (non-hydrogen) atoms. The molecular formula is C21H34O4. The number of carbonyl (C=O) groups is 1. The summed E-state index contributed by atoms with van der Waals surface area (Å²) in [6, 6.07) is 0. The van der Waals surface area contributed by atoms with Gasteiger partial charge < -0.3 is 14.6 Å². The van der Waals surface area contributed by atoms with E-state index in [2.05, 4.69) is 6.92 Å².